The Labute approximate surface area is 170 Å². The normalized spacial score (nSPS) is 10.3. The highest BCUT2D eigenvalue weighted by atomic mass is 16.5. The van der Waals surface area contributed by atoms with Gasteiger partial charge >= 0.3 is 0 Å². The summed E-state index contributed by atoms with van der Waals surface area (Å²) < 4.78 is 10.5. The van der Waals surface area contributed by atoms with Crippen LogP contribution in [0.2, 0.25) is 0 Å². The van der Waals surface area contributed by atoms with Crippen LogP contribution in [0.4, 0.5) is 11.5 Å². The lowest BCUT2D eigenvalue weighted by atomic mass is 10.1. The number of anilines is 2. The molecular formula is C22H24N4O3. The average Bonchev–Trinajstić information content (AvgIpc) is 2.75. The fraction of sp³-hybridized carbons (Fsp3) is 0.227. The molecule has 29 heavy (non-hydrogen) atoms. The SMILES string of the molecule is COc1ccc(CNC(=O)c2ccc(Nc3ccc(C)c(C)c3)nn2)cc1OC. The number of aromatic nitrogens is 2. The fourth-order valence-corrected chi connectivity index (χ4v) is 2.75. The second-order valence-electron chi connectivity index (χ2n) is 6.60. The van der Waals surface area contributed by atoms with Crippen LogP contribution in [0.1, 0.15) is 27.2 Å². The first kappa shape index (κ1) is 20.1. The minimum Gasteiger partial charge on any atom is -0.493 e. The van der Waals surface area contributed by atoms with Crippen molar-refractivity contribution in [2.45, 2.75) is 20.4 Å². The molecule has 3 rings (SSSR count). The maximum absolute atomic E-state index is 12.4. The molecular weight excluding hydrogens is 368 g/mol. The molecule has 0 aliphatic rings. The van der Waals surface area contributed by atoms with E-state index >= 15 is 0 Å². The number of aryl methyl sites for hydroxylation is 2. The molecule has 0 radical (unpaired) electrons. The van der Waals surface area contributed by atoms with E-state index in [1.165, 1.54) is 11.1 Å². The number of nitrogens with zero attached hydrogens (tertiary/aromatic N) is 2. The van der Waals surface area contributed by atoms with Crippen LogP contribution in [0, 0.1) is 13.8 Å². The Balaban J connectivity index is 1.61. The van der Waals surface area contributed by atoms with Crippen molar-refractivity contribution in [3.05, 3.63) is 70.9 Å². The minimum atomic E-state index is -0.301. The van der Waals surface area contributed by atoms with E-state index in [1.807, 2.05) is 30.3 Å². The van der Waals surface area contributed by atoms with Gasteiger partial charge in [0.1, 0.15) is 0 Å². The van der Waals surface area contributed by atoms with Gasteiger partial charge in [-0.2, -0.15) is 0 Å². The van der Waals surface area contributed by atoms with E-state index in [0.29, 0.717) is 23.9 Å². The number of carbonyl (C=O) groups is 1. The van der Waals surface area contributed by atoms with Crippen molar-refractivity contribution in [1.29, 1.82) is 0 Å². The second kappa shape index (κ2) is 9.05. The van der Waals surface area contributed by atoms with Gasteiger partial charge in [0.05, 0.1) is 14.2 Å². The molecule has 1 amide bonds. The zero-order valence-electron chi connectivity index (χ0n) is 16.9. The highest BCUT2D eigenvalue weighted by Gasteiger charge is 2.10. The molecule has 0 saturated carbocycles. The summed E-state index contributed by atoms with van der Waals surface area (Å²) >= 11 is 0. The van der Waals surface area contributed by atoms with Crippen LogP contribution in [0.25, 0.3) is 0 Å². The van der Waals surface area contributed by atoms with Crippen molar-refractivity contribution in [3.63, 3.8) is 0 Å². The molecule has 1 heterocycles. The fourth-order valence-electron chi connectivity index (χ4n) is 2.75. The molecule has 0 aliphatic heterocycles. The molecule has 2 aromatic carbocycles. The van der Waals surface area contributed by atoms with Crippen LogP contribution < -0.4 is 20.1 Å². The summed E-state index contributed by atoms with van der Waals surface area (Å²) in [4.78, 5) is 12.4. The Kier molecular flexibility index (Phi) is 6.29. The molecule has 0 fully saturated rings. The molecule has 150 valence electrons. The Morgan fingerprint density at radius 3 is 2.34 bits per heavy atom. The molecule has 0 spiro atoms. The Morgan fingerprint density at radius 2 is 1.69 bits per heavy atom. The molecule has 0 unspecified atom stereocenters. The number of benzene rings is 2. The molecule has 3 aromatic rings. The highest BCUT2D eigenvalue weighted by Crippen LogP contribution is 2.27. The van der Waals surface area contributed by atoms with E-state index in [-0.39, 0.29) is 11.6 Å². The van der Waals surface area contributed by atoms with Crippen molar-refractivity contribution in [3.8, 4) is 11.5 Å². The van der Waals surface area contributed by atoms with Crippen molar-refractivity contribution in [2.75, 3.05) is 19.5 Å². The van der Waals surface area contributed by atoms with Crippen LogP contribution in [0.15, 0.2) is 48.5 Å². The molecule has 1 aromatic heterocycles. The van der Waals surface area contributed by atoms with Crippen LogP contribution in [0.3, 0.4) is 0 Å². The number of hydrogen-bond acceptors (Lipinski definition) is 6. The molecule has 0 saturated heterocycles. The minimum absolute atomic E-state index is 0.246. The maximum atomic E-state index is 12.4. The third kappa shape index (κ3) is 5.01. The van der Waals surface area contributed by atoms with E-state index in [2.05, 4.69) is 34.7 Å². The van der Waals surface area contributed by atoms with Crippen LogP contribution >= 0.6 is 0 Å². The third-order valence-electron chi connectivity index (χ3n) is 4.58. The van der Waals surface area contributed by atoms with Crippen LogP contribution in [-0.2, 0) is 6.54 Å². The highest BCUT2D eigenvalue weighted by molar-refractivity contribution is 5.92. The summed E-state index contributed by atoms with van der Waals surface area (Å²) in [6.07, 6.45) is 0. The van der Waals surface area contributed by atoms with E-state index in [9.17, 15) is 4.79 Å². The summed E-state index contributed by atoms with van der Waals surface area (Å²) in [6.45, 7) is 4.45. The first-order valence-electron chi connectivity index (χ1n) is 9.17. The number of hydrogen-bond donors (Lipinski definition) is 2. The number of methoxy groups -OCH3 is 2. The lowest BCUT2D eigenvalue weighted by molar-refractivity contribution is 0.0945. The van der Waals surface area contributed by atoms with E-state index < -0.39 is 0 Å². The van der Waals surface area contributed by atoms with E-state index in [4.69, 9.17) is 9.47 Å². The standard InChI is InChI=1S/C22H24N4O3/c1-14-5-7-17(11-15(14)2)24-21-10-8-18(25-26-21)22(27)23-13-16-6-9-19(28-3)20(12-16)29-4/h5-12H,13H2,1-4H3,(H,23,27)(H,24,26). The number of rotatable bonds is 7. The van der Waals surface area contributed by atoms with Gasteiger partial charge in [-0.3, -0.25) is 4.79 Å². The summed E-state index contributed by atoms with van der Waals surface area (Å²) in [5.74, 6) is 1.52. The van der Waals surface area contributed by atoms with Crippen molar-refractivity contribution >= 4 is 17.4 Å². The van der Waals surface area contributed by atoms with Crippen molar-refractivity contribution in [1.82, 2.24) is 15.5 Å². The van der Waals surface area contributed by atoms with Gasteiger partial charge in [-0.05, 0) is 66.9 Å². The van der Waals surface area contributed by atoms with Gasteiger partial charge in [0, 0.05) is 12.2 Å². The van der Waals surface area contributed by atoms with Crippen molar-refractivity contribution < 1.29 is 14.3 Å². The lowest BCUT2D eigenvalue weighted by Crippen LogP contribution is -2.24. The van der Waals surface area contributed by atoms with Crippen molar-refractivity contribution in [2.24, 2.45) is 0 Å². The van der Waals surface area contributed by atoms with Gasteiger partial charge in [0.2, 0.25) is 0 Å². The molecule has 0 atom stereocenters. The molecule has 7 nitrogen and oxygen atoms in total. The van der Waals surface area contributed by atoms with E-state index in [0.717, 1.165) is 11.3 Å². The second-order valence-corrected chi connectivity index (χ2v) is 6.60. The summed E-state index contributed by atoms with van der Waals surface area (Å²) in [6, 6.07) is 14.9. The molecule has 0 aliphatic carbocycles. The summed E-state index contributed by atoms with van der Waals surface area (Å²) in [5.41, 5.74) is 4.47. The van der Waals surface area contributed by atoms with Gasteiger partial charge in [0.15, 0.2) is 23.0 Å². The first-order valence-corrected chi connectivity index (χ1v) is 9.17. The largest absolute Gasteiger partial charge is 0.493 e. The summed E-state index contributed by atoms with van der Waals surface area (Å²) in [5, 5.41) is 14.1. The van der Waals surface area contributed by atoms with Crippen LogP contribution in [-0.4, -0.2) is 30.3 Å². The van der Waals surface area contributed by atoms with Crippen LogP contribution in [0.5, 0.6) is 11.5 Å². The first-order chi connectivity index (χ1) is 14.0. The number of nitrogens with one attached hydrogen (secondary N) is 2. The molecule has 7 heteroatoms. The monoisotopic (exact) mass is 392 g/mol. The lowest BCUT2D eigenvalue weighted by Gasteiger charge is -2.10. The third-order valence-corrected chi connectivity index (χ3v) is 4.58. The maximum Gasteiger partial charge on any atom is 0.272 e. The quantitative estimate of drug-likeness (QED) is 0.636. The van der Waals surface area contributed by atoms with Gasteiger partial charge < -0.3 is 20.1 Å². The van der Waals surface area contributed by atoms with Gasteiger partial charge in [-0.1, -0.05) is 12.1 Å². The van der Waals surface area contributed by atoms with E-state index in [1.54, 1.807) is 32.4 Å². The van der Waals surface area contributed by atoms with Gasteiger partial charge in [-0.15, -0.1) is 10.2 Å². The predicted octanol–water partition coefficient (Wildman–Crippen LogP) is 3.78. The zero-order valence-corrected chi connectivity index (χ0v) is 16.9. The topological polar surface area (TPSA) is 85.4 Å². The summed E-state index contributed by atoms with van der Waals surface area (Å²) in [7, 11) is 3.15. The molecule has 0 bridgehead atoms. The van der Waals surface area contributed by atoms with Gasteiger partial charge in [0.25, 0.3) is 5.91 Å². The number of carbonyl (C=O) groups excluding carboxylic acids is 1. The number of amides is 1. The Hall–Kier alpha value is -3.61. The predicted molar refractivity (Wildman–Crippen MR) is 112 cm³/mol. The smallest absolute Gasteiger partial charge is 0.272 e. The Bertz CT molecular complexity index is 1000. The zero-order chi connectivity index (χ0) is 20.8. The van der Waals surface area contributed by atoms with Gasteiger partial charge in [-0.25, -0.2) is 0 Å². The number of ether oxygens (including phenoxy) is 2. The Morgan fingerprint density at radius 1 is 0.897 bits per heavy atom. The molecule has 2 N–H and O–H groups in total. The average molecular weight is 392 g/mol.